The highest BCUT2D eigenvalue weighted by Crippen LogP contribution is 2.05. The van der Waals surface area contributed by atoms with Crippen LogP contribution in [-0.2, 0) is 0 Å². The lowest BCUT2D eigenvalue weighted by molar-refractivity contribution is 0.0947. The molecular formula is C11H15FN2O. The number of carbonyl (C=O) groups is 1. The van der Waals surface area contributed by atoms with Crippen LogP contribution in [-0.4, -0.2) is 18.5 Å². The number of nitrogens with one attached hydrogen (secondary N) is 1. The Balaban J connectivity index is 2.58. The van der Waals surface area contributed by atoms with E-state index in [0.717, 1.165) is 6.42 Å². The molecule has 0 spiro atoms. The van der Waals surface area contributed by atoms with Gasteiger partial charge in [0.15, 0.2) is 0 Å². The Labute approximate surface area is 88.5 Å². The monoisotopic (exact) mass is 210 g/mol. The van der Waals surface area contributed by atoms with Crippen molar-refractivity contribution in [3.8, 4) is 0 Å². The van der Waals surface area contributed by atoms with E-state index in [1.807, 2.05) is 6.92 Å². The summed E-state index contributed by atoms with van der Waals surface area (Å²) >= 11 is 0. The SMILES string of the molecule is CCC(N)CNC(=O)c1ccccc1F. The standard InChI is InChI=1S/C11H15FN2O/c1-2-8(13)7-14-11(15)9-5-3-4-6-10(9)12/h3-6,8H,2,7,13H2,1H3,(H,14,15). The zero-order chi connectivity index (χ0) is 11.3. The minimum atomic E-state index is -0.514. The van der Waals surface area contributed by atoms with Crippen LogP contribution in [0.1, 0.15) is 23.7 Å². The summed E-state index contributed by atoms with van der Waals surface area (Å²) in [5.41, 5.74) is 5.69. The van der Waals surface area contributed by atoms with E-state index in [1.54, 1.807) is 12.1 Å². The molecule has 1 unspecified atom stereocenters. The molecule has 0 aliphatic heterocycles. The molecule has 0 heterocycles. The lowest BCUT2D eigenvalue weighted by Gasteiger charge is -2.10. The summed E-state index contributed by atoms with van der Waals surface area (Å²) in [4.78, 5) is 11.5. The maximum absolute atomic E-state index is 13.2. The Morgan fingerprint density at radius 3 is 2.80 bits per heavy atom. The number of benzene rings is 1. The lowest BCUT2D eigenvalue weighted by Crippen LogP contribution is -2.37. The molecule has 1 atom stereocenters. The van der Waals surface area contributed by atoms with Gasteiger partial charge in [0.05, 0.1) is 5.56 Å². The maximum atomic E-state index is 13.2. The van der Waals surface area contributed by atoms with Crippen molar-refractivity contribution >= 4 is 5.91 Å². The van der Waals surface area contributed by atoms with E-state index in [9.17, 15) is 9.18 Å². The second kappa shape index (κ2) is 5.46. The predicted molar refractivity (Wildman–Crippen MR) is 57.0 cm³/mol. The molecule has 15 heavy (non-hydrogen) atoms. The third kappa shape index (κ3) is 3.32. The lowest BCUT2D eigenvalue weighted by atomic mass is 10.2. The fraction of sp³-hybridized carbons (Fsp3) is 0.364. The van der Waals surface area contributed by atoms with Crippen LogP contribution in [0.3, 0.4) is 0 Å². The van der Waals surface area contributed by atoms with Gasteiger partial charge in [0.25, 0.3) is 5.91 Å². The second-order valence-corrected chi connectivity index (χ2v) is 3.36. The highest BCUT2D eigenvalue weighted by Gasteiger charge is 2.10. The first kappa shape index (κ1) is 11.7. The largest absolute Gasteiger partial charge is 0.350 e. The Morgan fingerprint density at radius 2 is 2.20 bits per heavy atom. The summed E-state index contributed by atoms with van der Waals surface area (Å²) in [6.45, 7) is 2.30. The molecule has 82 valence electrons. The van der Waals surface area contributed by atoms with Crippen LogP contribution in [0.15, 0.2) is 24.3 Å². The number of hydrogen-bond acceptors (Lipinski definition) is 2. The van der Waals surface area contributed by atoms with Gasteiger partial charge >= 0.3 is 0 Å². The summed E-state index contributed by atoms with van der Waals surface area (Å²) in [5, 5.41) is 2.59. The molecule has 1 amide bonds. The topological polar surface area (TPSA) is 55.1 Å². The van der Waals surface area contributed by atoms with Crippen molar-refractivity contribution in [3.63, 3.8) is 0 Å². The normalized spacial score (nSPS) is 12.2. The van der Waals surface area contributed by atoms with E-state index < -0.39 is 11.7 Å². The van der Waals surface area contributed by atoms with E-state index in [2.05, 4.69) is 5.32 Å². The van der Waals surface area contributed by atoms with Crippen LogP contribution >= 0.6 is 0 Å². The zero-order valence-electron chi connectivity index (χ0n) is 8.66. The Morgan fingerprint density at radius 1 is 1.53 bits per heavy atom. The van der Waals surface area contributed by atoms with Gasteiger partial charge < -0.3 is 11.1 Å². The molecule has 3 N–H and O–H groups in total. The summed E-state index contributed by atoms with van der Waals surface area (Å²) in [6.07, 6.45) is 0.775. The van der Waals surface area contributed by atoms with Crippen LogP contribution < -0.4 is 11.1 Å². The summed E-state index contributed by atoms with van der Waals surface area (Å²) in [7, 11) is 0. The number of amides is 1. The fourth-order valence-corrected chi connectivity index (χ4v) is 1.11. The molecule has 0 fully saturated rings. The maximum Gasteiger partial charge on any atom is 0.254 e. The van der Waals surface area contributed by atoms with Gasteiger partial charge in [-0.1, -0.05) is 19.1 Å². The molecule has 0 aromatic heterocycles. The van der Waals surface area contributed by atoms with E-state index in [1.165, 1.54) is 12.1 Å². The number of carbonyl (C=O) groups excluding carboxylic acids is 1. The van der Waals surface area contributed by atoms with Crippen molar-refractivity contribution in [1.29, 1.82) is 0 Å². The smallest absolute Gasteiger partial charge is 0.254 e. The van der Waals surface area contributed by atoms with Crippen molar-refractivity contribution in [1.82, 2.24) is 5.32 Å². The first-order valence-corrected chi connectivity index (χ1v) is 4.93. The zero-order valence-corrected chi connectivity index (χ0v) is 8.66. The van der Waals surface area contributed by atoms with Crippen molar-refractivity contribution < 1.29 is 9.18 Å². The number of halogens is 1. The molecule has 1 aromatic rings. The van der Waals surface area contributed by atoms with E-state index in [0.29, 0.717) is 6.54 Å². The van der Waals surface area contributed by atoms with Crippen LogP contribution in [0.4, 0.5) is 4.39 Å². The number of hydrogen-bond donors (Lipinski definition) is 2. The molecule has 0 saturated carbocycles. The average molecular weight is 210 g/mol. The third-order valence-electron chi connectivity index (χ3n) is 2.17. The van der Waals surface area contributed by atoms with Crippen molar-refractivity contribution in [2.45, 2.75) is 19.4 Å². The highest BCUT2D eigenvalue weighted by atomic mass is 19.1. The van der Waals surface area contributed by atoms with Crippen LogP contribution in [0, 0.1) is 5.82 Å². The molecule has 4 heteroatoms. The van der Waals surface area contributed by atoms with Gasteiger partial charge in [0.1, 0.15) is 5.82 Å². The van der Waals surface area contributed by atoms with Gasteiger partial charge in [0, 0.05) is 12.6 Å². The average Bonchev–Trinajstić information content (AvgIpc) is 2.26. The summed E-state index contributed by atoms with van der Waals surface area (Å²) in [6, 6.07) is 5.79. The molecule has 1 aromatic carbocycles. The quantitative estimate of drug-likeness (QED) is 0.786. The third-order valence-corrected chi connectivity index (χ3v) is 2.17. The Kier molecular flexibility index (Phi) is 4.24. The number of rotatable bonds is 4. The minimum Gasteiger partial charge on any atom is -0.350 e. The molecule has 0 radical (unpaired) electrons. The highest BCUT2D eigenvalue weighted by molar-refractivity contribution is 5.94. The number of nitrogens with two attached hydrogens (primary N) is 1. The van der Waals surface area contributed by atoms with Crippen LogP contribution in [0.5, 0.6) is 0 Å². The van der Waals surface area contributed by atoms with E-state index in [-0.39, 0.29) is 11.6 Å². The molecule has 0 aliphatic carbocycles. The Hall–Kier alpha value is -1.42. The first-order valence-electron chi connectivity index (χ1n) is 4.93. The van der Waals surface area contributed by atoms with Crippen LogP contribution in [0.25, 0.3) is 0 Å². The molecule has 0 bridgehead atoms. The van der Waals surface area contributed by atoms with E-state index in [4.69, 9.17) is 5.73 Å². The fourth-order valence-electron chi connectivity index (χ4n) is 1.11. The van der Waals surface area contributed by atoms with Crippen molar-refractivity contribution in [2.75, 3.05) is 6.54 Å². The van der Waals surface area contributed by atoms with Crippen molar-refractivity contribution in [3.05, 3.63) is 35.6 Å². The van der Waals surface area contributed by atoms with Gasteiger partial charge in [-0.2, -0.15) is 0 Å². The van der Waals surface area contributed by atoms with Gasteiger partial charge in [0.2, 0.25) is 0 Å². The molecule has 0 saturated heterocycles. The first-order chi connectivity index (χ1) is 7.15. The predicted octanol–water partition coefficient (Wildman–Crippen LogP) is 1.29. The van der Waals surface area contributed by atoms with Crippen LogP contribution in [0.2, 0.25) is 0 Å². The summed E-state index contributed by atoms with van der Waals surface area (Å²) < 4.78 is 13.2. The second-order valence-electron chi connectivity index (χ2n) is 3.36. The van der Waals surface area contributed by atoms with Gasteiger partial charge in [-0.05, 0) is 18.6 Å². The van der Waals surface area contributed by atoms with Gasteiger partial charge in [-0.3, -0.25) is 4.79 Å². The van der Waals surface area contributed by atoms with Gasteiger partial charge in [-0.15, -0.1) is 0 Å². The minimum absolute atomic E-state index is 0.0563. The molecule has 3 nitrogen and oxygen atoms in total. The Bertz CT molecular complexity index is 341. The van der Waals surface area contributed by atoms with E-state index >= 15 is 0 Å². The van der Waals surface area contributed by atoms with Gasteiger partial charge in [-0.25, -0.2) is 4.39 Å². The van der Waals surface area contributed by atoms with Crippen molar-refractivity contribution in [2.24, 2.45) is 5.73 Å². The molecule has 1 rings (SSSR count). The molecular weight excluding hydrogens is 195 g/mol. The summed E-state index contributed by atoms with van der Waals surface area (Å²) in [5.74, 6) is -0.933. The molecule has 0 aliphatic rings.